The van der Waals surface area contributed by atoms with Crippen LogP contribution in [0.15, 0.2) is 0 Å². The molecule has 6 heteroatoms. The fraction of sp³-hybridized carbons (Fsp3) is 0.944. The number of amides is 1. The Balaban J connectivity index is 1.37. The van der Waals surface area contributed by atoms with Gasteiger partial charge in [0.2, 0.25) is 5.91 Å². The number of piperazine rings is 1. The zero-order chi connectivity index (χ0) is 16.9. The molecule has 3 aliphatic rings. The van der Waals surface area contributed by atoms with Crippen LogP contribution in [0.4, 0.5) is 0 Å². The number of likely N-dealkylation sites (tertiary alicyclic amines) is 2. The predicted octanol–water partition coefficient (Wildman–Crippen LogP) is 0.336. The molecular weight excluding hydrogens is 304 g/mol. The number of rotatable bonds is 4. The van der Waals surface area contributed by atoms with Crippen molar-refractivity contribution in [2.45, 2.75) is 37.8 Å². The first kappa shape index (κ1) is 18.1. The molecule has 6 nitrogen and oxygen atoms in total. The van der Waals surface area contributed by atoms with Crippen LogP contribution in [0.1, 0.15) is 25.7 Å². The van der Waals surface area contributed by atoms with Crippen LogP contribution < -0.4 is 0 Å². The summed E-state index contributed by atoms with van der Waals surface area (Å²) < 4.78 is 5.39. The molecule has 0 N–H and O–H groups in total. The smallest absolute Gasteiger partial charge is 0.236 e. The van der Waals surface area contributed by atoms with Gasteiger partial charge in [-0.15, -0.1) is 0 Å². The van der Waals surface area contributed by atoms with Gasteiger partial charge in [-0.2, -0.15) is 0 Å². The summed E-state index contributed by atoms with van der Waals surface area (Å²) in [5.74, 6) is 0.308. The van der Waals surface area contributed by atoms with Gasteiger partial charge in [-0.3, -0.25) is 14.6 Å². The van der Waals surface area contributed by atoms with Crippen LogP contribution in [-0.2, 0) is 9.53 Å². The lowest BCUT2D eigenvalue weighted by atomic mass is 10.0. The molecule has 0 unspecified atom stereocenters. The summed E-state index contributed by atoms with van der Waals surface area (Å²) in [6.07, 6.45) is 4.72. The maximum atomic E-state index is 12.5. The van der Waals surface area contributed by atoms with Crippen molar-refractivity contribution < 1.29 is 9.53 Å². The Hall–Kier alpha value is -0.690. The minimum absolute atomic E-state index is 0.308. The number of methoxy groups -OCH3 is 1. The molecule has 3 rings (SSSR count). The molecule has 1 amide bonds. The number of ether oxygens (including phenoxy) is 1. The van der Waals surface area contributed by atoms with Crippen LogP contribution in [0.3, 0.4) is 0 Å². The molecule has 138 valence electrons. The van der Waals surface area contributed by atoms with Crippen LogP contribution in [0.2, 0.25) is 0 Å². The maximum absolute atomic E-state index is 12.5. The Kier molecular flexibility index (Phi) is 6.49. The lowest BCUT2D eigenvalue weighted by Gasteiger charge is -2.42. The topological polar surface area (TPSA) is 39.3 Å². The minimum atomic E-state index is 0.308. The number of likely N-dealkylation sites (N-methyl/N-ethyl adjacent to an activating group) is 1. The number of hydrogen-bond acceptors (Lipinski definition) is 5. The molecule has 3 saturated heterocycles. The molecule has 0 radical (unpaired) electrons. The molecule has 0 aromatic rings. The molecule has 0 spiro atoms. The van der Waals surface area contributed by atoms with Crippen LogP contribution in [-0.4, -0.2) is 111 Å². The molecular formula is C18H34N4O2. The Morgan fingerprint density at radius 3 is 2.12 bits per heavy atom. The standard InChI is InChI=1S/C18H34N4O2/c1-19-11-13-21(14-12-19)16-3-7-20(8-4-16)15-18(23)22-9-5-17(24-2)6-10-22/h16-17H,3-15H2,1-2H3. The highest BCUT2D eigenvalue weighted by molar-refractivity contribution is 5.78. The average Bonchev–Trinajstić information content (AvgIpc) is 2.63. The van der Waals surface area contributed by atoms with E-state index >= 15 is 0 Å². The van der Waals surface area contributed by atoms with E-state index in [1.54, 1.807) is 7.11 Å². The van der Waals surface area contributed by atoms with E-state index in [9.17, 15) is 4.79 Å². The van der Waals surface area contributed by atoms with Crippen molar-refractivity contribution in [3.8, 4) is 0 Å². The largest absolute Gasteiger partial charge is 0.381 e. The van der Waals surface area contributed by atoms with Crippen molar-refractivity contribution in [2.75, 3.05) is 73.1 Å². The van der Waals surface area contributed by atoms with Crippen molar-refractivity contribution in [1.82, 2.24) is 19.6 Å². The van der Waals surface area contributed by atoms with E-state index in [1.807, 2.05) is 4.90 Å². The first-order valence-electron chi connectivity index (χ1n) is 9.61. The van der Waals surface area contributed by atoms with Crippen molar-refractivity contribution in [1.29, 1.82) is 0 Å². The van der Waals surface area contributed by atoms with E-state index in [-0.39, 0.29) is 0 Å². The number of carbonyl (C=O) groups excluding carboxylic acids is 1. The Bertz CT molecular complexity index is 396. The summed E-state index contributed by atoms with van der Waals surface area (Å²) in [6, 6.07) is 0.725. The monoisotopic (exact) mass is 338 g/mol. The summed E-state index contributed by atoms with van der Waals surface area (Å²) in [6.45, 7) is 9.24. The predicted molar refractivity (Wildman–Crippen MR) is 95.1 cm³/mol. The SMILES string of the molecule is COC1CCN(C(=O)CN2CCC(N3CCN(C)CC3)CC2)CC1. The van der Waals surface area contributed by atoms with Crippen molar-refractivity contribution in [2.24, 2.45) is 0 Å². The highest BCUT2D eigenvalue weighted by Gasteiger charge is 2.29. The van der Waals surface area contributed by atoms with Gasteiger partial charge in [-0.25, -0.2) is 0 Å². The van der Waals surface area contributed by atoms with Gasteiger partial charge in [0, 0.05) is 65.5 Å². The van der Waals surface area contributed by atoms with Crippen LogP contribution in [0, 0.1) is 0 Å². The van der Waals surface area contributed by atoms with Crippen molar-refractivity contribution >= 4 is 5.91 Å². The molecule has 3 aliphatic heterocycles. The third-order valence-electron chi connectivity index (χ3n) is 6.10. The number of piperidine rings is 2. The Labute approximate surface area is 146 Å². The maximum Gasteiger partial charge on any atom is 0.236 e. The molecule has 0 bridgehead atoms. The van der Waals surface area contributed by atoms with Gasteiger partial charge < -0.3 is 14.5 Å². The van der Waals surface area contributed by atoms with Crippen LogP contribution in [0.5, 0.6) is 0 Å². The van der Waals surface area contributed by atoms with Gasteiger partial charge in [0.1, 0.15) is 0 Å². The van der Waals surface area contributed by atoms with E-state index in [4.69, 9.17) is 4.74 Å². The quantitative estimate of drug-likeness (QED) is 0.739. The summed E-state index contributed by atoms with van der Waals surface area (Å²) in [5, 5.41) is 0. The fourth-order valence-corrected chi connectivity index (χ4v) is 4.26. The van der Waals surface area contributed by atoms with Gasteiger partial charge in [-0.05, 0) is 32.7 Å². The van der Waals surface area contributed by atoms with Gasteiger partial charge in [0.25, 0.3) is 0 Å². The number of hydrogen-bond donors (Lipinski definition) is 0. The third kappa shape index (κ3) is 4.69. The first-order chi connectivity index (χ1) is 11.7. The van der Waals surface area contributed by atoms with Crippen molar-refractivity contribution in [3.05, 3.63) is 0 Å². The number of nitrogens with zero attached hydrogens (tertiary/aromatic N) is 4. The fourth-order valence-electron chi connectivity index (χ4n) is 4.26. The van der Waals surface area contributed by atoms with E-state index in [0.29, 0.717) is 18.6 Å². The molecule has 0 saturated carbocycles. The summed E-state index contributed by atoms with van der Waals surface area (Å²) in [7, 11) is 3.98. The molecule has 0 aliphatic carbocycles. The molecule has 24 heavy (non-hydrogen) atoms. The molecule has 3 fully saturated rings. The zero-order valence-corrected chi connectivity index (χ0v) is 15.5. The van der Waals surface area contributed by atoms with E-state index in [2.05, 4.69) is 21.7 Å². The second kappa shape index (κ2) is 8.61. The summed E-state index contributed by atoms with van der Waals surface area (Å²) in [4.78, 5) is 22.0. The molecule has 0 aromatic carbocycles. The van der Waals surface area contributed by atoms with Crippen LogP contribution >= 0.6 is 0 Å². The lowest BCUT2D eigenvalue weighted by molar-refractivity contribution is -0.135. The van der Waals surface area contributed by atoms with Crippen LogP contribution in [0.25, 0.3) is 0 Å². The van der Waals surface area contributed by atoms with E-state index < -0.39 is 0 Å². The number of carbonyl (C=O) groups is 1. The van der Waals surface area contributed by atoms with Gasteiger partial charge >= 0.3 is 0 Å². The van der Waals surface area contributed by atoms with E-state index in [0.717, 1.165) is 45.1 Å². The highest BCUT2D eigenvalue weighted by atomic mass is 16.5. The highest BCUT2D eigenvalue weighted by Crippen LogP contribution is 2.19. The molecule has 0 atom stereocenters. The Morgan fingerprint density at radius 1 is 0.917 bits per heavy atom. The lowest BCUT2D eigenvalue weighted by Crippen LogP contribution is -2.53. The normalized spacial score (nSPS) is 26.8. The van der Waals surface area contributed by atoms with Gasteiger partial charge in [-0.1, -0.05) is 0 Å². The van der Waals surface area contributed by atoms with Crippen molar-refractivity contribution in [3.63, 3.8) is 0 Å². The Morgan fingerprint density at radius 2 is 1.54 bits per heavy atom. The minimum Gasteiger partial charge on any atom is -0.381 e. The average molecular weight is 338 g/mol. The van der Waals surface area contributed by atoms with Gasteiger partial charge in [0.05, 0.1) is 12.6 Å². The van der Waals surface area contributed by atoms with Gasteiger partial charge in [0.15, 0.2) is 0 Å². The van der Waals surface area contributed by atoms with E-state index in [1.165, 1.54) is 39.0 Å². The third-order valence-corrected chi connectivity index (χ3v) is 6.10. The zero-order valence-electron chi connectivity index (χ0n) is 15.5. The first-order valence-corrected chi connectivity index (χ1v) is 9.61. The summed E-state index contributed by atoms with van der Waals surface area (Å²) in [5.41, 5.74) is 0. The second-order valence-corrected chi connectivity index (χ2v) is 7.66. The molecule has 0 aromatic heterocycles. The molecule has 3 heterocycles. The second-order valence-electron chi connectivity index (χ2n) is 7.66. The summed E-state index contributed by atoms with van der Waals surface area (Å²) >= 11 is 0.